The van der Waals surface area contributed by atoms with Crippen LogP contribution in [0.3, 0.4) is 0 Å². The van der Waals surface area contributed by atoms with Crippen LogP contribution >= 0.6 is 0 Å². The maximum Gasteiger partial charge on any atom is 0.168 e. The Hall–Kier alpha value is -1.04. The van der Waals surface area contributed by atoms with Crippen LogP contribution in [0.4, 0.5) is 8.78 Å². The second-order valence-corrected chi connectivity index (χ2v) is 5.99. The van der Waals surface area contributed by atoms with Gasteiger partial charge in [-0.15, -0.1) is 0 Å². The molecule has 1 aromatic carbocycles. The number of halogens is 2. The van der Waals surface area contributed by atoms with Crippen LogP contribution in [-0.4, -0.2) is 37.0 Å². The van der Waals surface area contributed by atoms with Gasteiger partial charge in [0.2, 0.25) is 0 Å². The van der Waals surface area contributed by atoms with Crippen LogP contribution in [-0.2, 0) is 16.0 Å². The van der Waals surface area contributed by atoms with Crippen LogP contribution in [0.5, 0.6) is 0 Å². The van der Waals surface area contributed by atoms with E-state index in [1.807, 2.05) is 7.05 Å². The zero-order valence-corrected chi connectivity index (χ0v) is 12.3. The third-order valence-electron chi connectivity index (χ3n) is 4.59. The molecule has 1 aliphatic carbocycles. The zero-order chi connectivity index (χ0) is 14.9. The SMILES string of the molecule is CN(Cc1ccc(F)cc1F)C1CCC2(CC1)OCCO2. The summed E-state index contributed by atoms with van der Waals surface area (Å²) in [4.78, 5) is 2.14. The normalized spacial score (nSPS) is 22.3. The maximum atomic E-state index is 13.7. The maximum absolute atomic E-state index is 13.7. The molecule has 1 spiro atoms. The highest BCUT2D eigenvalue weighted by atomic mass is 19.1. The van der Waals surface area contributed by atoms with Gasteiger partial charge in [-0.1, -0.05) is 6.07 Å². The first-order valence-corrected chi connectivity index (χ1v) is 7.50. The standard InChI is InChI=1S/C16H21F2NO2/c1-19(11-12-2-3-13(17)10-15(12)18)14-4-6-16(7-5-14)20-8-9-21-16/h2-3,10,14H,4-9,11H2,1H3. The molecule has 2 aliphatic rings. The molecule has 116 valence electrons. The smallest absolute Gasteiger partial charge is 0.168 e. The van der Waals surface area contributed by atoms with Crippen LogP contribution < -0.4 is 0 Å². The van der Waals surface area contributed by atoms with Gasteiger partial charge in [-0.2, -0.15) is 0 Å². The zero-order valence-electron chi connectivity index (χ0n) is 12.3. The number of ether oxygens (including phenoxy) is 2. The van der Waals surface area contributed by atoms with Gasteiger partial charge in [0.25, 0.3) is 0 Å². The lowest BCUT2D eigenvalue weighted by atomic mass is 9.89. The molecule has 1 saturated carbocycles. The fourth-order valence-electron chi connectivity index (χ4n) is 3.32. The summed E-state index contributed by atoms with van der Waals surface area (Å²) < 4.78 is 38.1. The predicted octanol–water partition coefficient (Wildman–Crippen LogP) is 3.08. The van der Waals surface area contributed by atoms with Gasteiger partial charge in [-0.25, -0.2) is 8.78 Å². The lowest BCUT2D eigenvalue weighted by Gasteiger charge is -2.39. The van der Waals surface area contributed by atoms with Gasteiger partial charge >= 0.3 is 0 Å². The van der Waals surface area contributed by atoms with Gasteiger partial charge in [0, 0.05) is 37.1 Å². The van der Waals surface area contributed by atoms with Crippen molar-refractivity contribution in [3.63, 3.8) is 0 Å². The Morgan fingerprint density at radius 1 is 1.19 bits per heavy atom. The summed E-state index contributed by atoms with van der Waals surface area (Å²) in [5, 5.41) is 0. The quantitative estimate of drug-likeness (QED) is 0.856. The summed E-state index contributed by atoms with van der Waals surface area (Å²) in [6, 6.07) is 4.16. The lowest BCUT2D eigenvalue weighted by molar-refractivity contribution is -0.183. The summed E-state index contributed by atoms with van der Waals surface area (Å²) in [7, 11) is 1.99. The predicted molar refractivity (Wildman–Crippen MR) is 74.7 cm³/mol. The van der Waals surface area contributed by atoms with Crippen LogP contribution in [0.15, 0.2) is 18.2 Å². The van der Waals surface area contributed by atoms with Gasteiger partial charge < -0.3 is 9.47 Å². The molecule has 1 aliphatic heterocycles. The third-order valence-corrected chi connectivity index (χ3v) is 4.59. The molecular formula is C16H21F2NO2. The molecule has 3 rings (SSSR count). The van der Waals surface area contributed by atoms with Gasteiger partial charge in [0.15, 0.2) is 5.79 Å². The molecule has 0 radical (unpaired) electrons. The number of rotatable bonds is 3. The first-order valence-electron chi connectivity index (χ1n) is 7.50. The molecule has 0 atom stereocenters. The van der Waals surface area contributed by atoms with Crippen LogP contribution in [0.25, 0.3) is 0 Å². The largest absolute Gasteiger partial charge is 0.348 e. The molecule has 0 amide bonds. The Morgan fingerprint density at radius 3 is 2.48 bits per heavy atom. The molecule has 0 N–H and O–H groups in total. The van der Waals surface area contributed by atoms with E-state index in [4.69, 9.17) is 9.47 Å². The Morgan fingerprint density at radius 2 is 1.86 bits per heavy atom. The summed E-state index contributed by atoms with van der Waals surface area (Å²) in [6.45, 7) is 1.86. The van der Waals surface area contributed by atoms with Crippen molar-refractivity contribution in [3.05, 3.63) is 35.4 Å². The second kappa shape index (κ2) is 5.99. The Bertz CT molecular complexity index is 493. The van der Waals surface area contributed by atoms with E-state index >= 15 is 0 Å². The number of hydrogen-bond acceptors (Lipinski definition) is 3. The minimum atomic E-state index is -0.533. The van der Waals surface area contributed by atoms with Crippen molar-refractivity contribution in [3.8, 4) is 0 Å². The van der Waals surface area contributed by atoms with Crippen molar-refractivity contribution in [1.82, 2.24) is 4.90 Å². The summed E-state index contributed by atoms with van der Waals surface area (Å²) in [6.07, 6.45) is 3.71. The lowest BCUT2D eigenvalue weighted by Crippen LogP contribution is -2.42. The van der Waals surface area contributed by atoms with Crippen LogP contribution in [0.1, 0.15) is 31.2 Å². The van der Waals surface area contributed by atoms with E-state index in [0.29, 0.717) is 31.4 Å². The molecule has 21 heavy (non-hydrogen) atoms. The summed E-state index contributed by atoms with van der Waals surface area (Å²) >= 11 is 0. The van der Waals surface area contributed by atoms with Crippen molar-refractivity contribution in [1.29, 1.82) is 0 Å². The van der Waals surface area contributed by atoms with Crippen molar-refractivity contribution < 1.29 is 18.3 Å². The van der Waals surface area contributed by atoms with E-state index < -0.39 is 11.6 Å². The van der Waals surface area contributed by atoms with Crippen molar-refractivity contribution in [2.75, 3.05) is 20.3 Å². The van der Waals surface area contributed by atoms with Gasteiger partial charge in [0.1, 0.15) is 11.6 Å². The molecule has 0 bridgehead atoms. The Kier molecular flexibility index (Phi) is 4.24. The van der Waals surface area contributed by atoms with E-state index in [1.165, 1.54) is 12.1 Å². The van der Waals surface area contributed by atoms with E-state index in [0.717, 1.165) is 31.7 Å². The number of nitrogens with zero attached hydrogens (tertiary/aromatic N) is 1. The molecule has 3 nitrogen and oxygen atoms in total. The summed E-state index contributed by atoms with van der Waals surface area (Å²) in [5.74, 6) is -1.37. The first kappa shape index (κ1) is 14.9. The third kappa shape index (κ3) is 3.25. The monoisotopic (exact) mass is 297 g/mol. The van der Waals surface area contributed by atoms with Gasteiger partial charge in [-0.05, 0) is 26.0 Å². The highest BCUT2D eigenvalue weighted by Gasteiger charge is 2.41. The van der Waals surface area contributed by atoms with Crippen molar-refractivity contribution in [2.24, 2.45) is 0 Å². The van der Waals surface area contributed by atoms with Crippen molar-refractivity contribution in [2.45, 2.75) is 44.1 Å². The highest BCUT2D eigenvalue weighted by Crippen LogP contribution is 2.37. The van der Waals surface area contributed by atoms with Gasteiger partial charge in [0.05, 0.1) is 13.2 Å². The molecule has 0 aromatic heterocycles. The van der Waals surface area contributed by atoms with E-state index in [2.05, 4.69) is 4.90 Å². The fraction of sp³-hybridized carbons (Fsp3) is 0.625. The Labute approximate surface area is 123 Å². The van der Waals surface area contributed by atoms with Crippen LogP contribution in [0.2, 0.25) is 0 Å². The highest BCUT2D eigenvalue weighted by molar-refractivity contribution is 5.18. The van der Waals surface area contributed by atoms with Crippen LogP contribution in [0, 0.1) is 11.6 Å². The summed E-state index contributed by atoms with van der Waals surface area (Å²) in [5.41, 5.74) is 0.535. The molecule has 1 aromatic rings. The molecule has 2 fully saturated rings. The molecule has 0 unspecified atom stereocenters. The second-order valence-electron chi connectivity index (χ2n) is 5.99. The molecule has 1 saturated heterocycles. The number of hydrogen-bond donors (Lipinski definition) is 0. The minimum absolute atomic E-state index is 0.363. The van der Waals surface area contributed by atoms with E-state index in [9.17, 15) is 8.78 Å². The van der Waals surface area contributed by atoms with Gasteiger partial charge in [-0.3, -0.25) is 4.90 Å². The number of benzene rings is 1. The average molecular weight is 297 g/mol. The topological polar surface area (TPSA) is 21.7 Å². The minimum Gasteiger partial charge on any atom is -0.348 e. The Balaban J connectivity index is 1.57. The molecule has 1 heterocycles. The first-order chi connectivity index (χ1) is 10.1. The van der Waals surface area contributed by atoms with E-state index in [1.54, 1.807) is 0 Å². The van der Waals surface area contributed by atoms with E-state index in [-0.39, 0.29) is 5.79 Å². The van der Waals surface area contributed by atoms with Crippen molar-refractivity contribution >= 4 is 0 Å². The molecular weight excluding hydrogens is 276 g/mol. The fourth-order valence-corrected chi connectivity index (χ4v) is 3.32. The molecule has 5 heteroatoms. The average Bonchev–Trinajstić information content (AvgIpc) is 2.91.